The summed E-state index contributed by atoms with van der Waals surface area (Å²) in [5, 5.41) is 0.572. The van der Waals surface area contributed by atoms with Crippen LogP contribution in [0.15, 0.2) is 0 Å². The molecule has 0 aliphatic rings. The van der Waals surface area contributed by atoms with Crippen molar-refractivity contribution in [3.05, 3.63) is 10.7 Å². The average Bonchev–Trinajstić information content (AvgIpc) is 2.11. The molecule has 0 radical (unpaired) electrons. The molecule has 0 fully saturated rings. The Morgan fingerprint density at radius 2 is 1.91 bits per heavy atom. The van der Waals surface area contributed by atoms with E-state index >= 15 is 0 Å². The topological polar surface area (TPSA) is 38.9 Å². The van der Waals surface area contributed by atoms with Gasteiger partial charge in [-0.3, -0.25) is 0 Å². The third-order valence-corrected chi connectivity index (χ3v) is 2.63. The molecule has 1 aromatic rings. The predicted molar refractivity (Wildman–Crippen MR) is 50.8 cm³/mol. The molecule has 0 aliphatic carbocycles. The molecular weight excluding hydrogens is 250 g/mol. The molecule has 2 N–H and O–H groups in total. The first kappa shape index (κ1) is 9.68. The van der Waals surface area contributed by atoms with E-state index in [9.17, 15) is 0 Å². The van der Waals surface area contributed by atoms with Crippen molar-refractivity contribution in [3.8, 4) is 0 Å². The highest BCUT2D eigenvalue weighted by Crippen LogP contribution is 2.43. The Morgan fingerprint density at radius 3 is 2.09 bits per heavy atom. The first-order valence-corrected chi connectivity index (χ1v) is 4.69. The molecule has 7 heteroatoms. The fourth-order valence-electron chi connectivity index (χ4n) is 0.468. The lowest BCUT2D eigenvalue weighted by Crippen LogP contribution is -2.00. The number of anilines is 1. The van der Waals surface area contributed by atoms with Crippen LogP contribution < -0.4 is 5.73 Å². The zero-order valence-electron chi connectivity index (χ0n) is 4.94. The highest BCUT2D eigenvalue weighted by atomic mass is 35.6. The second-order valence-corrected chi connectivity index (χ2v) is 5.17. The van der Waals surface area contributed by atoms with Crippen LogP contribution in [-0.4, -0.2) is 4.37 Å². The number of rotatable bonds is 0. The average molecular weight is 252 g/mol. The van der Waals surface area contributed by atoms with Gasteiger partial charge in [0.05, 0.1) is 0 Å². The number of hydrogen-bond acceptors (Lipinski definition) is 3. The summed E-state index contributed by atoms with van der Waals surface area (Å²) in [6.07, 6.45) is 0. The molecule has 0 atom stereocenters. The summed E-state index contributed by atoms with van der Waals surface area (Å²) in [6.45, 7) is 0. The number of nitrogens with zero attached hydrogens (tertiary/aromatic N) is 1. The van der Waals surface area contributed by atoms with Crippen LogP contribution in [0.2, 0.25) is 5.02 Å². The molecule has 1 rings (SSSR count). The zero-order chi connectivity index (χ0) is 8.65. The van der Waals surface area contributed by atoms with E-state index in [0.717, 1.165) is 11.5 Å². The van der Waals surface area contributed by atoms with Gasteiger partial charge < -0.3 is 5.73 Å². The van der Waals surface area contributed by atoms with Crippen molar-refractivity contribution < 1.29 is 0 Å². The van der Waals surface area contributed by atoms with Gasteiger partial charge in [-0.1, -0.05) is 46.4 Å². The summed E-state index contributed by atoms with van der Waals surface area (Å²) in [7, 11) is 0. The van der Waals surface area contributed by atoms with Gasteiger partial charge in [-0.15, -0.1) is 0 Å². The summed E-state index contributed by atoms with van der Waals surface area (Å²) >= 11 is 23.2. The van der Waals surface area contributed by atoms with Crippen LogP contribution in [0.25, 0.3) is 0 Å². The van der Waals surface area contributed by atoms with Crippen LogP contribution in [0, 0.1) is 0 Å². The van der Waals surface area contributed by atoms with E-state index in [-0.39, 0.29) is 10.7 Å². The SMILES string of the molecule is Nc1snc(C(Cl)(Cl)Cl)c1Cl. The molecule has 1 aromatic heterocycles. The van der Waals surface area contributed by atoms with Crippen LogP contribution in [0.4, 0.5) is 5.00 Å². The van der Waals surface area contributed by atoms with Crippen molar-refractivity contribution in [2.45, 2.75) is 3.79 Å². The summed E-state index contributed by atoms with van der Waals surface area (Å²) in [6, 6.07) is 0. The minimum Gasteiger partial charge on any atom is -0.388 e. The molecule has 0 spiro atoms. The van der Waals surface area contributed by atoms with Gasteiger partial charge in [0.2, 0.25) is 3.79 Å². The molecule has 1 heterocycles. The van der Waals surface area contributed by atoms with Gasteiger partial charge in [-0.05, 0) is 11.5 Å². The molecular formula is C4H2Cl4N2S. The Kier molecular flexibility index (Phi) is 2.77. The van der Waals surface area contributed by atoms with Crippen molar-refractivity contribution in [2.75, 3.05) is 5.73 Å². The Labute approximate surface area is 87.4 Å². The number of alkyl halides is 3. The van der Waals surface area contributed by atoms with Crippen molar-refractivity contribution in [2.24, 2.45) is 0 Å². The molecule has 2 nitrogen and oxygen atoms in total. The largest absolute Gasteiger partial charge is 0.388 e. The number of halogens is 4. The van der Waals surface area contributed by atoms with E-state index in [1.165, 1.54) is 0 Å². The lowest BCUT2D eigenvalue weighted by atomic mass is 10.5. The van der Waals surface area contributed by atoms with Gasteiger partial charge in [0.1, 0.15) is 15.7 Å². The van der Waals surface area contributed by atoms with Crippen molar-refractivity contribution in [3.63, 3.8) is 0 Å². The Morgan fingerprint density at radius 1 is 1.36 bits per heavy atom. The normalized spacial score (nSPS) is 12.0. The van der Waals surface area contributed by atoms with Crippen molar-refractivity contribution in [1.82, 2.24) is 4.37 Å². The third kappa shape index (κ3) is 2.04. The monoisotopic (exact) mass is 250 g/mol. The second kappa shape index (κ2) is 3.15. The Hall–Kier alpha value is 0.590. The summed E-state index contributed by atoms with van der Waals surface area (Å²) in [5.41, 5.74) is 5.57. The molecule has 62 valence electrons. The van der Waals surface area contributed by atoms with Gasteiger partial charge in [0, 0.05) is 0 Å². The molecule has 0 aliphatic heterocycles. The molecule has 0 amide bonds. The van der Waals surface area contributed by atoms with Gasteiger partial charge in [0.15, 0.2) is 0 Å². The molecule has 0 saturated carbocycles. The van der Waals surface area contributed by atoms with E-state index in [4.69, 9.17) is 52.1 Å². The second-order valence-electron chi connectivity index (χ2n) is 1.71. The Bertz CT molecular complexity index is 266. The highest BCUT2D eigenvalue weighted by molar-refractivity contribution is 7.11. The van der Waals surface area contributed by atoms with E-state index in [1.54, 1.807) is 0 Å². The maximum absolute atomic E-state index is 5.66. The fraction of sp³-hybridized carbons (Fsp3) is 0.250. The summed E-state index contributed by atoms with van der Waals surface area (Å²) in [4.78, 5) is 0. The minimum absolute atomic E-state index is 0.187. The predicted octanol–water partition coefficient (Wildman–Crippen LogP) is 3.21. The number of nitrogens with two attached hydrogens (primary N) is 1. The molecule has 0 bridgehead atoms. The Balaban J connectivity index is 3.15. The van der Waals surface area contributed by atoms with E-state index in [1.807, 2.05) is 0 Å². The number of aromatic nitrogens is 1. The quantitative estimate of drug-likeness (QED) is 0.720. The standard InChI is InChI=1S/C4H2Cl4N2S/c5-1-2(4(6,7)8)10-11-3(1)9/h9H2. The van der Waals surface area contributed by atoms with E-state index < -0.39 is 3.79 Å². The number of nitrogen functional groups attached to an aromatic ring is 1. The van der Waals surface area contributed by atoms with Crippen LogP contribution in [-0.2, 0) is 3.79 Å². The lowest BCUT2D eigenvalue weighted by Gasteiger charge is -2.06. The van der Waals surface area contributed by atoms with Gasteiger partial charge in [-0.25, -0.2) is 0 Å². The molecule has 0 saturated heterocycles. The van der Waals surface area contributed by atoms with E-state index in [2.05, 4.69) is 4.37 Å². The third-order valence-electron chi connectivity index (χ3n) is 0.928. The smallest absolute Gasteiger partial charge is 0.235 e. The zero-order valence-corrected chi connectivity index (χ0v) is 8.78. The van der Waals surface area contributed by atoms with Crippen LogP contribution in [0.3, 0.4) is 0 Å². The maximum atomic E-state index is 5.66. The molecule has 0 unspecified atom stereocenters. The van der Waals surface area contributed by atoms with Gasteiger partial charge >= 0.3 is 0 Å². The van der Waals surface area contributed by atoms with E-state index in [0.29, 0.717) is 5.00 Å². The van der Waals surface area contributed by atoms with Crippen molar-refractivity contribution >= 4 is 62.9 Å². The van der Waals surface area contributed by atoms with Crippen LogP contribution in [0.1, 0.15) is 5.69 Å². The summed E-state index contributed by atoms with van der Waals surface area (Å²) in [5.74, 6) is 0. The summed E-state index contributed by atoms with van der Waals surface area (Å²) < 4.78 is 2.18. The first-order valence-electron chi connectivity index (χ1n) is 2.40. The highest BCUT2D eigenvalue weighted by Gasteiger charge is 2.30. The maximum Gasteiger partial charge on any atom is 0.235 e. The lowest BCUT2D eigenvalue weighted by molar-refractivity contribution is 1.16. The number of hydrogen-bond donors (Lipinski definition) is 1. The minimum atomic E-state index is -1.59. The first-order chi connectivity index (χ1) is 4.93. The molecule has 11 heavy (non-hydrogen) atoms. The fourth-order valence-corrected chi connectivity index (χ4v) is 2.11. The van der Waals surface area contributed by atoms with Crippen LogP contribution >= 0.6 is 57.9 Å². The van der Waals surface area contributed by atoms with Gasteiger partial charge in [0.25, 0.3) is 0 Å². The van der Waals surface area contributed by atoms with Crippen LogP contribution in [0.5, 0.6) is 0 Å². The van der Waals surface area contributed by atoms with Gasteiger partial charge in [-0.2, -0.15) is 4.37 Å². The van der Waals surface area contributed by atoms with Crippen molar-refractivity contribution in [1.29, 1.82) is 0 Å². The molecule has 0 aromatic carbocycles.